The lowest BCUT2D eigenvalue weighted by atomic mass is 10.1. The van der Waals surface area contributed by atoms with Gasteiger partial charge in [0, 0.05) is 17.7 Å². The summed E-state index contributed by atoms with van der Waals surface area (Å²) in [5.74, 6) is 2.64. The Kier molecular flexibility index (Phi) is 6.13. The highest BCUT2D eigenvalue weighted by Gasteiger charge is 2.15. The van der Waals surface area contributed by atoms with Gasteiger partial charge in [-0.25, -0.2) is 0 Å². The van der Waals surface area contributed by atoms with E-state index in [0.29, 0.717) is 17.9 Å². The zero-order valence-electron chi connectivity index (χ0n) is 15.5. The van der Waals surface area contributed by atoms with Gasteiger partial charge in [-0.05, 0) is 55.5 Å². The molecule has 140 valence electrons. The van der Waals surface area contributed by atoms with Crippen molar-refractivity contribution in [2.45, 2.75) is 18.6 Å². The highest BCUT2D eigenvalue weighted by molar-refractivity contribution is 7.99. The lowest BCUT2D eigenvalue weighted by Gasteiger charge is -2.08. The molecule has 6 nitrogen and oxygen atoms in total. The second kappa shape index (κ2) is 8.73. The third-order valence-corrected chi connectivity index (χ3v) is 5.09. The highest BCUT2D eigenvalue weighted by atomic mass is 32.2. The van der Waals surface area contributed by atoms with Crippen LogP contribution < -0.4 is 9.47 Å². The van der Waals surface area contributed by atoms with Crippen molar-refractivity contribution >= 4 is 17.5 Å². The van der Waals surface area contributed by atoms with E-state index in [0.717, 1.165) is 28.0 Å². The maximum atomic E-state index is 12.4. The summed E-state index contributed by atoms with van der Waals surface area (Å²) in [6.45, 7) is 2.75. The molecule has 0 aliphatic carbocycles. The third-order valence-electron chi connectivity index (χ3n) is 4.13. The number of carbonyl (C=O) groups excluding carboxylic acids is 1. The molecule has 0 spiro atoms. The molecule has 0 fully saturated rings. The quantitative estimate of drug-likeness (QED) is 0.433. The number of hydrogen-bond acceptors (Lipinski definition) is 6. The van der Waals surface area contributed by atoms with Crippen LogP contribution in [0.2, 0.25) is 0 Å². The summed E-state index contributed by atoms with van der Waals surface area (Å²) in [7, 11) is 3.24. The average Bonchev–Trinajstić information content (AvgIpc) is 3.15. The summed E-state index contributed by atoms with van der Waals surface area (Å²) < 4.78 is 12.3. The van der Waals surface area contributed by atoms with Gasteiger partial charge < -0.3 is 14.0 Å². The molecule has 27 heavy (non-hydrogen) atoms. The van der Waals surface area contributed by atoms with Crippen molar-refractivity contribution in [2.24, 2.45) is 0 Å². The molecule has 7 heteroatoms. The Bertz CT molecular complexity index is 905. The van der Waals surface area contributed by atoms with E-state index in [1.807, 2.05) is 35.8 Å². The first-order valence-corrected chi connectivity index (χ1v) is 9.52. The van der Waals surface area contributed by atoms with Crippen molar-refractivity contribution in [3.63, 3.8) is 0 Å². The molecule has 0 unspecified atom stereocenters. The fourth-order valence-electron chi connectivity index (χ4n) is 2.62. The van der Waals surface area contributed by atoms with E-state index < -0.39 is 0 Å². The van der Waals surface area contributed by atoms with Crippen LogP contribution >= 0.6 is 11.8 Å². The minimum atomic E-state index is 0.0410. The van der Waals surface area contributed by atoms with Crippen molar-refractivity contribution < 1.29 is 14.3 Å². The van der Waals surface area contributed by atoms with Gasteiger partial charge in [0.15, 0.2) is 16.8 Å². The Hall–Kier alpha value is -2.80. The van der Waals surface area contributed by atoms with E-state index in [4.69, 9.17) is 9.47 Å². The SMILES string of the molecule is CCn1c(SCC(=O)c2ccc(OC)cc2)nnc1-c1ccc(OC)cc1. The van der Waals surface area contributed by atoms with Crippen LogP contribution in [0.4, 0.5) is 0 Å². The molecule has 1 aromatic heterocycles. The van der Waals surface area contributed by atoms with E-state index in [2.05, 4.69) is 10.2 Å². The van der Waals surface area contributed by atoms with Crippen LogP contribution in [0.3, 0.4) is 0 Å². The van der Waals surface area contributed by atoms with Crippen LogP contribution in [-0.2, 0) is 6.54 Å². The summed E-state index contributed by atoms with van der Waals surface area (Å²) in [6.07, 6.45) is 0. The smallest absolute Gasteiger partial charge is 0.191 e. The van der Waals surface area contributed by atoms with Crippen LogP contribution in [0, 0.1) is 0 Å². The number of Topliss-reactive ketones (excluding diaryl/α,β-unsaturated/α-hetero) is 1. The molecule has 3 aromatic rings. The maximum Gasteiger partial charge on any atom is 0.191 e. The number of thioether (sulfide) groups is 1. The molecular formula is C20H21N3O3S. The van der Waals surface area contributed by atoms with Crippen molar-refractivity contribution in [2.75, 3.05) is 20.0 Å². The number of nitrogens with zero attached hydrogens (tertiary/aromatic N) is 3. The monoisotopic (exact) mass is 383 g/mol. The Morgan fingerprint density at radius 1 is 0.963 bits per heavy atom. The van der Waals surface area contributed by atoms with Gasteiger partial charge in [0.2, 0.25) is 0 Å². The minimum Gasteiger partial charge on any atom is -0.497 e. The van der Waals surface area contributed by atoms with E-state index in [1.165, 1.54) is 11.8 Å². The maximum absolute atomic E-state index is 12.4. The number of carbonyl (C=O) groups is 1. The normalized spacial score (nSPS) is 10.6. The molecule has 0 aliphatic heterocycles. The molecule has 3 rings (SSSR count). The average molecular weight is 383 g/mol. The molecule has 0 saturated heterocycles. The summed E-state index contributed by atoms with van der Waals surface area (Å²) >= 11 is 1.39. The number of ether oxygens (including phenoxy) is 2. The topological polar surface area (TPSA) is 66.2 Å². The number of rotatable bonds is 8. The van der Waals surface area contributed by atoms with Crippen molar-refractivity contribution in [3.05, 3.63) is 54.1 Å². The van der Waals surface area contributed by atoms with E-state index in [-0.39, 0.29) is 5.78 Å². The van der Waals surface area contributed by atoms with Crippen LogP contribution in [0.25, 0.3) is 11.4 Å². The van der Waals surface area contributed by atoms with Crippen molar-refractivity contribution in [3.8, 4) is 22.9 Å². The molecule has 0 aliphatic rings. The number of aromatic nitrogens is 3. The Balaban J connectivity index is 1.73. The molecule has 0 atom stereocenters. The van der Waals surface area contributed by atoms with Gasteiger partial charge in [0.05, 0.1) is 20.0 Å². The number of benzene rings is 2. The second-order valence-corrected chi connectivity index (χ2v) is 6.66. The van der Waals surface area contributed by atoms with E-state index in [9.17, 15) is 4.79 Å². The van der Waals surface area contributed by atoms with E-state index in [1.54, 1.807) is 38.5 Å². The summed E-state index contributed by atoms with van der Waals surface area (Å²) in [6, 6.07) is 14.8. The summed E-state index contributed by atoms with van der Waals surface area (Å²) in [4.78, 5) is 12.4. The van der Waals surface area contributed by atoms with Gasteiger partial charge in [-0.15, -0.1) is 10.2 Å². The Morgan fingerprint density at radius 3 is 2.11 bits per heavy atom. The van der Waals surface area contributed by atoms with Gasteiger partial charge in [-0.2, -0.15) is 0 Å². The van der Waals surface area contributed by atoms with Gasteiger partial charge in [-0.3, -0.25) is 4.79 Å². The predicted molar refractivity (Wildman–Crippen MR) is 106 cm³/mol. The summed E-state index contributed by atoms with van der Waals surface area (Å²) in [5, 5.41) is 9.31. The Labute approximate surface area is 162 Å². The van der Waals surface area contributed by atoms with Crippen LogP contribution in [0.5, 0.6) is 11.5 Å². The largest absolute Gasteiger partial charge is 0.497 e. The molecular weight excluding hydrogens is 362 g/mol. The minimum absolute atomic E-state index is 0.0410. The summed E-state index contributed by atoms with van der Waals surface area (Å²) in [5.41, 5.74) is 1.61. The first kappa shape index (κ1) is 19.0. The Morgan fingerprint density at radius 2 is 1.56 bits per heavy atom. The first-order chi connectivity index (χ1) is 13.2. The van der Waals surface area contributed by atoms with Crippen LogP contribution in [0.15, 0.2) is 53.7 Å². The number of methoxy groups -OCH3 is 2. The lowest BCUT2D eigenvalue weighted by molar-refractivity contribution is 0.102. The van der Waals surface area contributed by atoms with Crippen molar-refractivity contribution in [1.82, 2.24) is 14.8 Å². The number of ketones is 1. The third kappa shape index (κ3) is 4.31. The van der Waals surface area contributed by atoms with Gasteiger partial charge in [-0.1, -0.05) is 11.8 Å². The zero-order valence-corrected chi connectivity index (χ0v) is 16.3. The molecule has 0 radical (unpaired) electrons. The fourth-order valence-corrected chi connectivity index (χ4v) is 3.52. The van der Waals surface area contributed by atoms with Gasteiger partial charge in [0.25, 0.3) is 0 Å². The molecule has 0 bridgehead atoms. The lowest BCUT2D eigenvalue weighted by Crippen LogP contribution is -2.05. The molecule has 1 heterocycles. The number of hydrogen-bond donors (Lipinski definition) is 0. The van der Waals surface area contributed by atoms with Crippen LogP contribution in [-0.4, -0.2) is 40.5 Å². The second-order valence-electron chi connectivity index (χ2n) is 5.72. The first-order valence-electron chi connectivity index (χ1n) is 8.54. The zero-order chi connectivity index (χ0) is 19.2. The highest BCUT2D eigenvalue weighted by Crippen LogP contribution is 2.26. The molecule has 0 saturated carbocycles. The predicted octanol–water partition coefficient (Wildman–Crippen LogP) is 3.96. The van der Waals surface area contributed by atoms with Gasteiger partial charge in [0.1, 0.15) is 11.5 Å². The molecule has 0 amide bonds. The molecule has 0 N–H and O–H groups in total. The standard InChI is InChI=1S/C20H21N3O3S/c1-4-23-19(15-7-11-17(26-3)12-8-15)21-22-20(23)27-13-18(24)14-5-9-16(25-2)10-6-14/h5-12H,4,13H2,1-3H3. The van der Waals surface area contributed by atoms with E-state index >= 15 is 0 Å². The van der Waals surface area contributed by atoms with Crippen molar-refractivity contribution in [1.29, 1.82) is 0 Å². The van der Waals surface area contributed by atoms with Crippen LogP contribution in [0.1, 0.15) is 17.3 Å². The fraction of sp³-hybridized carbons (Fsp3) is 0.250. The molecule has 2 aromatic carbocycles. The van der Waals surface area contributed by atoms with Gasteiger partial charge >= 0.3 is 0 Å².